The molecule has 5 nitrogen and oxygen atoms in total. The molecule has 138 valence electrons. The number of halogens is 1. The SMILES string of the molecule is O=C(Oc1cccc(I)c1)c1ccc(S(=O)(=O)O)c(C2CCCCC2)c1. The summed E-state index contributed by atoms with van der Waals surface area (Å²) in [5.41, 5.74) is 0.779. The third-order valence-electron chi connectivity index (χ3n) is 4.58. The van der Waals surface area contributed by atoms with E-state index in [1.807, 2.05) is 6.07 Å². The maximum atomic E-state index is 12.5. The van der Waals surface area contributed by atoms with E-state index in [9.17, 15) is 17.8 Å². The third-order valence-corrected chi connectivity index (χ3v) is 6.17. The minimum absolute atomic E-state index is 0.0195. The summed E-state index contributed by atoms with van der Waals surface area (Å²) in [6, 6.07) is 11.3. The maximum absolute atomic E-state index is 12.5. The van der Waals surface area contributed by atoms with Gasteiger partial charge in [-0.05, 0) is 83.3 Å². The highest BCUT2D eigenvalue weighted by molar-refractivity contribution is 14.1. The lowest BCUT2D eigenvalue weighted by atomic mass is 9.83. The Balaban J connectivity index is 1.94. The summed E-state index contributed by atoms with van der Waals surface area (Å²) in [7, 11) is -4.34. The number of carbonyl (C=O) groups is 1. The van der Waals surface area contributed by atoms with E-state index >= 15 is 0 Å². The molecule has 2 aromatic rings. The second-order valence-electron chi connectivity index (χ2n) is 6.41. The first-order valence-corrected chi connectivity index (χ1v) is 11.0. The first-order valence-electron chi connectivity index (χ1n) is 8.44. The molecule has 0 bridgehead atoms. The van der Waals surface area contributed by atoms with E-state index in [0.29, 0.717) is 11.3 Å². The summed E-state index contributed by atoms with van der Waals surface area (Å²) in [4.78, 5) is 12.4. The first-order chi connectivity index (χ1) is 12.3. The molecule has 7 heteroatoms. The zero-order valence-corrected chi connectivity index (χ0v) is 17.0. The minimum atomic E-state index is -4.34. The van der Waals surface area contributed by atoms with Gasteiger partial charge >= 0.3 is 5.97 Å². The van der Waals surface area contributed by atoms with E-state index < -0.39 is 16.1 Å². The van der Waals surface area contributed by atoms with E-state index in [-0.39, 0.29) is 16.4 Å². The quantitative estimate of drug-likeness (QED) is 0.291. The van der Waals surface area contributed by atoms with Gasteiger partial charge in [0.1, 0.15) is 5.75 Å². The van der Waals surface area contributed by atoms with Gasteiger partial charge in [0.2, 0.25) is 0 Å². The largest absolute Gasteiger partial charge is 0.423 e. The number of hydrogen-bond acceptors (Lipinski definition) is 4. The highest BCUT2D eigenvalue weighted by Gasteiger charge is 2.25. The zero-order chi connectivity index (χ0) is 18.7. The van der Waals surface area contributed by atoms with Crippen LogP contribution < -0.4 is 4.74 Å². The van der Waals surface area contributed by atoms with E-state index in [1.54, 1.807) is 24.3 Å². The Kier molecular flexibility index (Phi) is 5.99. The molecule has 0 spiro atoms. The van der Waals surface area contributed by atoms with Crippen LogP contribution in [0.25, 0.3) is 0 Å². The van der Waals surface area contributed by atoms with Crippen LogP contribution in [-0.4, -0.2) is 18.9 Å². The van der Waals surface area contributed by atoms with Crippen LogP contribution in [0.2, 0.25) is 0 Å². The molecule has 0 aromatic heterocycles. The molecule has 1 saturated carbocycles. The van der Waals surface area contributed by atoms with E-state index in [4.69, 9.17) is 4.74 Å². The van der Waals surface area contributed by atoms with Crippen molar-refractivity contribution in [1.82, 2.24) is 0 Å². The lowest BCUT2D eigenvalue weighted by Crippen LogP contribution is -2.14. The molecule has 2 aromatic carbocycles. The number of carbonyl (C=O) groups excluding carboxylic acids is 1. The van der Waals surface area contributed by atoms with Crippen molar-refractivity contribution in [2.75, 3.05) is 0 Å². The Bertz CT molecular complexity index is 917. The van der Waals surface area contributed by atoms with E-state index in [1.165, 1.54) is 12.1 Å². The lowest BCUT2D eigenvalue weighted by molar-refractivity contribution is 0.0734. The maximum Gasteiger partial charge on any atom is 0.343 e. The van der Waals surface area contributed by atoms with Crippen LogP contribution >= 0.6 is 22.6 Å². The molecule has 0 saturated heterocycles. The van der Waals surface area contributed by atoms with Crippen molar-refractivity contribution < 1.29 is 22.5 Å². The standard InChI is InChI=1S/C19H19IO5S/c20-15-7-4-8-16(12-15)25-19(21)14-9-10-18(26(22,23)24)17(11-14)13-5-2-1-3-6-13/h4,7-13H,1-3,5-6H2,(H,22,23,24). The molecular formula is C19H19IO5S. The third kappa shape index (κ3) is 4.63. The monoisotopic (exact) mass is 486 g/mol. The smallest absolute Gasteiger partial charge is 0.343 e. The molecule has 0 heterocycles. The van der Waals surface area contributed by atoms with Gasteiger partial charge < -0.3 is 4.74 Å². The van der Waals surface area contributed by atoms with Crippen molar-refractivity contribution in [3.63, 3.8) is 0 Å². The predicted octanol–water partition coefficient (Wildman–Crippen LogP) is 4.80. The second-order valence-corrected chi connectivity index (χ2v) is 9.05. The Morgan fingerprint density at radius 3 is 2.46 bits per heavy atom. The van der Waals surface area contributed by atoms with Crippen molar-refractivity contribution in [1.29, 1.82) is 0 Å². The first kappa shape index (κ1) is 19.3. The van der Waals surface area contributed by atoms with Crippen molar-refractivity contribution in [2.45, 2.75) is 42.9 Å². The fourth-order valence-electron chi connectivity index (χ4n) is 3.34. The molecule has 1 aliphatic carbocycles. The van der Waals surface area contributed by atoms with Crippen LogP contribution in [0.15, 0.2) is 47.4 Å². The average Bonchev–Trinajstić information content (AvgIpc) is 2.61. The lowest BCUT2D eigenvalue weighted by Gasteiger charge is -2.24. The van der Waals surface area contributed by atoms with Gasteiger partial charge in [-0.3, -0.25) is 4.55 Å². The number of ether oxygens (including phenoxy) is 1. The van der Waals surface area contributed by atoms with Crippen LogP contribution in [0.3, 0.4) is 0 Å². The van der Waals surface area contributed by atoms with Gasteiger partial charge in [0.15, 0.2) is 0 Å². The van der Waals surface area contributed by atoms with Crippen molar-refractivity contribution in [2.24, 2.45) is 0 Å². The van der Waals surface area contributed by atoms with Gasteiger partial charge in [-0.2, -0.15) is 8.42 Å². The number of rotatable bonds is 4. The molecule has 26 heavy (non-hydrogen) atoms. The minimum Gasteiger partial charge on any atom is -0.423 e. The van der Waals surface area contributed by atoms with Crippen molar-refractivity contribution in [3.05, 3.63) is 57.2 Å². The van der Waals surface area contributed by atoms with E-state index in [2.05, 4.69) is 22.6 Å². The Morgan fingerprint density at radius 2 is 1.81 bits per heavy atom. The number of esters is 1. The van der Waals surface area contributed by atoms with Gasteiger partial charge in [-0.25, -0.2) is 4.79 Å². The van der Waals surface area contributed by atoms with Gasteiger partial charge in [0.25, 0.3) is 10.1 Å². The summed E-state index contributed by atoms with van der Waals surface area (Å²) >= 11 is 2.13. The van der Waals surface area contributed by atoms with Gasteiger partial charge in [-0.15, -0.1) is 0 Å². The molecule has 0 atom stereocenters. The van der Waals surface area contributed by atoms with Crippen molar-refractivity contribution in [3.8, 4) is 5.75 Å². The molecule has 0 amide bonds. The molecule has 0 aliphatic heterocycles. The number of hydrogen-bond donors (Lipinski definition) is 1. The fraction of sp³-hybridized carbons (Fsp3) is 0.316. The predicted molar refractivity (Wildman–Crippen MR) is 106 cm³/mol. The molecule has 1 fully saturated rings. The van der Waals surface area contributed by atoms with Gasteiger partial charge in [-0.1, -0.05) is 25.3 Å². The average molecular weight is 486 g/mol. The molecular weight excluding hydrogens is 467 g/mol. The van der Waals surface area contributed by atoms with Crippen LogP contribution in [0.5, 0.6) is 5.75 Å². The van der Waals surface area contributed by atoms with Gasteiger partial charge in [0, 0.05) is 3.57 Å². The van der Waals surface area contributed by atoms with Crippen LogP contribution in [0.1, 0.15) is 53.9 Å². The highest BCUT2D eigenvalue weighted by Crippen LogP contribution is 2.36. The Morgan fingerprint density at radius 1 is 1.08 bits per heavy atom. The summed E-state index contributed by atoms with van der Waals surface area (Å²) in [6.45, 7) is 0. The summed E-state index contributed by atoms with van der Waals surface area (Å²) in [6.07, 6.45) is 4.82. The summed E-state index contributed by atoms with van der Waals surface area (Å²) < 4.78 is 39.4. The molecule has 3 rings (SSSR count). The van der Waals surface area contributed by atoms with Crippen LogP contribution in [-0.2, 0) is 10.1 Å². The van der Waals surface area contributed by atoms with Gasteiger partial charge in [0.05, 0.1) is 10.5 Å². The van der Waals surface area contributed by atoms with Crippen molar-refractivity contribution >= 4 is 38.7 Å². The van der Waals surface area contributed by atoms with E-state index in [0.717, 1.165) is 35.7 Å². The molecule has 0 unspecified atom stereocenters. The highest BCUT2D eigenvalue weighted by atomic mass is 127. The summed E-state index contributed by atoms with van der Waals surface area (Å²) in [5.74, 6) is -0.1000. The molecule has 1 N–H and O–H groups in total. The van der Waals surface area contributed by atoms with Crippen LogP contribution in [0.4, 0.5) is 0 Å². The summed E-state index contributed by atoms with van der Waals surface area (Å²) in [5, 5.41) is 0. The Hall–Kier alpha value is -1.45. The fourth-order valence-corrected chi connectivity index (χ4v) is 4.62. The molecule has 0 radical (unpaired) electrons. The topological polar surface area (TPSA) is 80.7 Å². The van der Waals surface area contributed by atoms with Crippen LogP contribution in [0, 0.1) is 3.57 Å². The number of benzene rings is 2. The zero-order valence-electron chi connectivity index (χ0n) is 14.0. The molecule has 1 aliphatic rings. The second kappa shape index (κ2) is 8.06. The Labute approximate surface area is 166 Å². The normalized spacial score (nSPS) is 15.6.